The number of aryl methyl sites for hydroxylation is 1. The number of benzene rings is 1. The smallest absolute Gasteiger partial charge is 0.382 e. The summed E-state index contributed by atoms with van der Waals surface area (Å²) in [7, 11) is 1.75. The quantitative estimate of drug-likeness (QED) is 0.483. The lowest BCUT2D eigenvalue weighted by Crippen LogP contribution is -2.15. The van der Waals surface area contributed by atoms with E-state index < -0.39 is 12.6 Å². The summed E-state index contributed by atoms with van der Waals surface area (Å²) in [4.78, 5) is 15.3. The number of nitrogens with zero attached hydrogens (tertiary/aromatic N) is 5. The van der Waals surface area contributed by atoms with Crippen LogP contribution in [0.25, 0.3) is 28.3 Å². The molecule has 4 aromatic rings. The van der Waals surface area contributed by atoms with E-state index in [0.717, 1.165) is 11.8 Å². The second-order valence-electron chi connectivity index (χ2n) is 6.69. The summed E-state index contributed by atoms with van der Waals surface area (Å²) >= 11 is 0. The fourth-order valence-corrected chi connectivity index (χ4v) is 3.12. The van der Waals surface area contributed by atoms with Crippen LogP contribution < -0.4 is 5.32 Å². The highest BCUT2D eigenvalue weighted by atomic mass is 19.4. The Labute approximate surface area is 169 Å². The minimum Gasteiger partial charge on any atom is -0.382 e. The molecule has 0 fully saturated rings. The third kappa shape index (κ3) is 3.88. The molecule has 0 amide bonds. The van der Waals surface area contributed by atoms with E-state index in [2.05, 4.69) is 20.5 Å². The topological polar surface area (TPSA) is 77.1 Å². The summed E-state index contributed by atoms with van der Waals surface area (Å²) in [6.45, 7) is -0.287. The molecule has 0 radical (unpaired) electrons. The van der Waals surface area contributed by atoms with Gasteiger partial charge in [0.15, 0.2) is 5.65 Å². The Hall–Kier alpha value is -3.69. The van der Waals surface area contributed by atoms with E-state index >= 15 is 0 Å². The van der Waals surface area contributed by atoms with E-state index in [1.165, 1.54) is 0 Å². The molecule has 0 aliphatic rings. The van der Waals surface area contributed by atoms with Crippen molar-refractivity contribution < 1.29 is 18.0 Å². The van der Waals surface area contributed by atoms with Gasteiger partial charge in [0.2, 0.25) is 0 Å². The first-order chi connectivity index (χ1) is 14.4. The first-order valence-corrected chi connectivity index (χ1v) is 9.09. The molecule has 10 heteroatoms. The average molecular weight is 414 g/mol. The second kappa shape index (κ2) is 7.62. The number of anilines is 1. The largest absolute Gasteiger partial charge is 0.390 e. The number of aldehydes is 1. The Balaban J connectivity index is 1.82. The molecule has 0 atom stereocenters. The molecule has 154 valence electrons. The number of carbonyl (C=O) groups is 1. The number of carbonyl (C=O) groups excluding carboxylic acids is 1. The predicted molar refractivity (Wildman–Crippen MR) is 105 cm³/mol. The van der Waals surface area contributed by atoms with Gasteiger partial charge in [-0.1, -0.05) is 24.3 Å². The maximum Gasteiger partial charge on any atom is 0.390 e. The van der Waals surface area contributed by atoms with Crippen LogP contribution in [0.15, 0.2) is 48.8 Å². The molecule has 4 rings (SSSR count). The second-order valence-corrected chi connectivity index (χ2v) is 6.69. The van der Waals surface area contributed by atoms with Gasteiger partial charge in [-0.15, -0.1) is 0 Å². The standard InChI is InChI=1S/C20H17F3N6O/c1-28-17(6-8-26-28)15-10-16(24-9-7-20(21,22)23)19-25-11-18(29(19)27-15)14-4-2-13(12-30)3-5-14/h2-6,8,10-12,24H,7,9H2,1H3. The molecule has 0 aliphatic carbocycles. The van der Waals surface area contributed by atoms with Gasteiger partial charge in [0.1, 0.15) is 12.0 Å². The highest BCUT2D eigenvalue weighted by Gasteiger charge is 2.26. The summed E-state index contributed by atoms with van der Waals surface area (Å²) in [6, 6.07) is 10.3. The van der Waals surface area contributed by atoms with Crippen molar-refractivity contribution in [3.63, 3.8) is 0 Å². The molecular weight excluding hydrogens is 397 g/mol. The van der Waals surface area contributed by atoms with Crippen LogP contribution >= 0.6 is 0 Å². The van der Waals surface area contributed by atoms with Gasteiger partial charge in [0, 0.05) is 30.9 Å². The first kappa shape index (κ1) is 19.6. The monoisotopic (exact) mass is 414 g/mol. The summed E-state index contributed by atoms with van der Waals surface area (Å²) in [5.74, 6) is 0. The van der Waals surface area contributed by atoms with Crippen LogP contribution in [-0.2, 0) is 7.05 Å². The number of nitrogens with one attached hydrogen (secondary N) is 1. The number of alkyl halides is 3. The lowest BCUT2D eigenvalue weighted by atomic mass is 10.1. The van der Waals surface area contributed by atoms with Crippen LogP contribution in [0, 0.1) is 0 Å². The molecule has 3 heterocycles. The SMILES string of the molecule is Cn1nccc1-c1cc(NCCC(F)(F)F)c2ncc(-c3ccc(C=O)cc3)n2n1. The van der Waals surface area contributed by atoms with Gasteiger partial charge < -0.3 is 5.32 Å². The van der Waals surface area contributed by atoms with Crippen LogP contribution in [-0.4, -0.2) is 43.4 Å². The summed E-state index contributed by atoms with van der Waals surface area (Å²) < 4.78 is 41.0. The average Bonchev–Trinajstić information content (AvgIpc) is 3.33. The van der Waals surface area contributed by atoms with Crippen molar-refractivity contribution in [1.29, 1.82) is 0 Å². The molecule has 0 aliphatic heterocycles. The molecule has 3 aromatic heterocycles. The van der Waals surface area contributed by atoms with Crippen molar-refractivity contribution in [3.05, 3.63) is 54.4 Å². The molecule has 0 bridgehead atoms. The van der Waals surface area contributed by atoms with Crippen LogP contribution in [0.5, 0.6) is 0 Å². The van der Waals surface area contributed by atoms with Crippen molar-refractivity contribution in [1.82, 2.24) is 24.4 Å². The molecule has 30 heavy (non-hydrogen) atoms. The number of imidazole rings is 1. The minimum atomic E-state index is -4.26. The van der Waals surface area contributed by atoms with E-state index in [4.69, 9.17) is 0 Å². The zero-order valence-corrected chi connectivity index (χ0v) is 15.9. The van der Waals surface area contributed by atoms with Crippen molar-refractivity contribution in [2.75, 3.05) is 11.9 Å². The molecule has 1 aromatic carbocycles. The Bertz CT molecular complexity index is 1190. The van der Waals surface area contributed by atoms with Gasteiger partial charge in [-0.2, -0.15) is 23.4 Å². The van der Waals surface area contributed by atoms with Crippen molar-refractivity contribution >= 4 is 17.6 Å². The van der Waals surface area contributed by atoms with Crippen molar-refractivity contribution in [2.45, 2.75) is 12.6 Å². The number of hydrogen-bond acceptors (Lipinski definition) is 5. The number of halogens is 3. The Morgan fingerprint density at radius 3 is 2.53 bits per heavy atom. The number of hydrogen-bond donors (Lipinski definition) is 1. The van der Waals surface area contributed by atoms with E-state index in [0.29, 0.717) is 34.0 Å². The van der Waals surface area contributed by atoms with Crippen LogP contribution in [0.4, 0.5) is 18.9 Å². The van der Waals surface area contributed by atoms with Gasteiger partial charge in [-0.25, -0.2) is 9.50 Å². The van der Waals surface area contributed by atoms with Gasteiger partial charge >= 0.3 is 6.18 Å². The number of aromatic nitrogens is 5. The summed E-state index contributed by atoms with van der Waals surface area (Å²) in [6.07, 6.45) is -1.27. The van der Waals surface area contributed by atoms with Gasteiger partial charge in [-0.3, -0.25) is 9.48 Å². The highest BCUT2D eigenvalue weighted by molar-refractivity contribution is 5.79. The Morgan fingerprint density at radius 1 is 1.13 bits per heavy atom. The van der Waals surface area contributed by atoms with Crippen LogP contribution in [0.1, 0.15) is 16.8 Å². The number of rotatable bonds is 6. The molecule has 7 nitrogen and oxygen atoms in total. The maximum absolute atomic E-state index is 12.6. The maximum atomic E-state index is 12.6. The fraction of sp³-hybridized carbons (Fsp3) is 0.200. The zero-order chi connectivity index (χ0) is 21.3. The molecule has 0 unspecified atom stereocenters. The van der Waals surface area contributed by atoms with Gasteiger partial charge in [0.25, 0.3) is 0 Å². The molecule has 1 N–H and O–H groups in total. The van der Waals surface area contributed by atoms with E-state index in [1.54, 1.807) is 65.0 Å². The number of fused-ring (bicyclic) bond motifs is 1. The summed E-state index contributed by atoms with van der Waals surface area (Å²) in [5, 5.41) is 11.6. The Kier molecular flexibility index (Phi) is 4.98. The summed E-state index contributed by atoms with van der Waals surface area (Å²) in [5.41, 5.74) is 4.01. The van der Waals surface area contributed by atoms with Crippen molar-refractivity contribution in [3.8, 4) is 22.6 Å². The fourth-order valence-electron chi connectivity index (χ4n) is 3.12. The molecule has 0 saturated carbocycles. The minimum absolute atomic E-state index is 0.287. The third-order valence-electron chi connectivity index (χ3n) is 4.62. The molecule has 0 spiro atoms. The first-order valence-electron chi connectivity index (χ1n) is 9.09. The van der Waals surface area contributed by atoms with E-state index in [9.17, 15) is 18.0 Å². The van der Waals surface area contributed by atoms with Gasteiger partial charge in [-0.05, 0) is 12.1 Å². The van der Waals surface area contributed by atoms with E-state index in [1.807, 2.05) is 0 Å². The van der Waals surface area contributed by atoms with Gasteiger partial charge in [0.05, 0.1) is 29.7 Å². The Morgan fingerprint density at radius 2 is 1.90 bits per heavy atom. The van der Waals surface area contributed by atoms with Crippen LogP contribution in [0.2, 0.25) is 0 Å². The highest BCUT2D eigenvalue weighted by Crippen LogP contribution is 2.28. The predicted octanol–water partition coefficient (Wildman–Crippen LogP) is 3.97. The lowest BCUT2D eigenvalue weighted by Gasteiger charge is -2.12. The van der Waals surface area contributed by atoms with Crippen molar-refractivity contribution in [2.24, 2.45) is 7.05 Å². The molecular formula is C20H17F3N6O. The lowest BCUT2D eigenvalue weighted by molar-refractivity contribution is -0.131. The third-order valence-corrected chi connectivity index (χ3v) is 4.62. The van der Waals surface area contributed by atoms with E-state index in [-0.39, 0.29) is 6.54 Å². The molecule has 0 saturated heterocycles. The zero-order valence-electron chi connectivity index (χ0n) is 15.9. The van der Waals surface area contributed by atoms with Crippen LogP contribution in [0.3, 0.4) is 0 Å². The normalized spacial score (nSPS) is 11.7.